The zero-order chi connectivity index (χ0) is 27.3. The van der Waals surface area contributed by atoms with Gasteiger partial charge >= 0.3 is 12.1 Å². The third-order valence-corrected chi connectivity index (χ3v) is 7.08. The van der Waals surface area contributed by atoms with Crippen molar-refractivity contribution >= 4 is 11.7 Å². The molecule has 1 aromatic heterocycles. The summed E-state index contributed by atoms with van der Waals surface area (Å²) in [6.07, 6.45) is -2.35. The molecule has 2 aromatic carbocycles. The number of nitrogens with zero attached hydrogens (tertiary/aromatic N) is 3. The maximum Gasteiger partial charge on any atom is 0.471 e. The van der Waals surface area contributed by atoms with Gasteiger partial charge in [-0.15, -0.1) is 0 Å². The molecule has 0 aliphatic carbocycles. The normalized spacial score (nSPS) is 19.2. The quantitative estimate of drug-likeness (QED) is 0.419. The van der Waals surface area contributed by atoms with Gasteiger partial charge in [0, 0.05) is 12.0 Å². The number of ketones is 1. The summed E-state index contributed by atoms with van der Waals surface area (Å²) < 4.78 is 42.3. The van der Waals surface area contributed by atoms with E-state index in [4.69, 9.17) is 0 Å². The number of rotatable bonds is 9. The summed E-state index contributed by atoms with van der Waals surface area (Å²) in [5, 5.41) is 6.29. The highest BCUT2D eigenvalue weighted by Gasteiger charge is 2.38. The van der Waals surface area contributed by atoms with Crippen molar-refractivity contribution < 1.29 is 27.3 Å². The largest absolute Gasteiger partial charge is 0.471 e. The molecule has 1 aliphatic rings. The van der Waals surface area contributed by atoms with Crippen LogP contribution in [0.2, 0.25) is 0 Å². The molecule has 0 unspecified atom stereocenters. The number of nitrogens with one attached hydrogen (secondary N) is 1. The van der Waals surface area contributed by atoms with Gasteiger partial charge in [0.05, 0.1) is 12.1 Å². The number of carbonyl (C=O) groups is 2. The highest BCUT2D eigenvalue weighted by atomic mass is 19.4. The molecule has 4 rings (SSSR count). The van der Waals surface area contributed by atoms with Crippen LogP contribution in [-0.2, 0) is 22.2 Å². The molecule has 202 valence electrons. The fourth-order valence-electron chi connectivity index (χ4n) is 4.84. The molecule has 0 bridgehead atoms. The van der Waals surface area contributed by atoms with E-state index >= 15 is 0 Å². The maximum absolute atomic E-state index is 13.2. The number of Topliss-reactive ketones (excluding diaryl/α,β-unsaturated/α-hetero) is 1. The van der Waals surface area contributed by atoms with Gasteiger partial charge in [-0.1, -0.05) is 66.7 Å². The second-order valence-electron chi connectivity index (χ2n) is 9.59. The number of halogens is 3. The number of hydrogen-bond donors (Lipinski definition) is 1. The van der Waals surface area contributed by atoms with Crippen LogP contribution in [0.3, 0.4) is 0 Å². The topological polar surface area (TPSA) is 88.3 Å². The number of aromatic nitrogens is 2. The molecule has 3 atom stereocenters. The van der Waals surface area contributed by atoms with E-state index in [2.05, 4.69) is 37.0 Å². The number of benzene rings is 2. The molecular weight excluding hydrogens is 497 g/mol. The lowest BCUT2D eigenvalue weighted by molar-refractivity contribution is -0.159. The van der Waals surface area contributed by atoms with Crippen molar-refractivity contribution in [2.75, 3.05) is 13.1 Å². The Morgan fingerprint density at radius 3 is 2.47 bits per heavy atom. The average molecular weight is 529 g/mol. The Kier molecular flexibility index (Phi) is 8.61. The van der Waals surface area contributed by atoms with Crippen molar-refractivity contribution in [3.05, 3.63) is 71.6 Å². The fraction of sp³-hybridized carbons (Fsp3) is 0.429. The van der Waals surface area contributed by atoms with Crippen molar-refractivity contribution in [3.63, 3.8) is 0 Å². The summed E-state index contributed by atoms with van der Waals surface area (Å²) in [4.78, 5) is 31.5. The lowest BCUT2D eigenvalue weighted by Gasteiger charge is -2.38. The van der Waals surface area contributed by atoms with Crippen LogP contribution in [0.15, 0.2) is 59.1 Å². The summed E-state index contributed by atoms with van der Waals surface area (Å²) in [5.41, 5.74) is 2.44. The van der Waals surface area contributed by atoms with Gasteiger partial charge < -0.3 is 9.84 Å². The van der Waals surface area contributed by atoms with Crippen LogP contribution in [0.4, 0.5) is 13.2 Å². The predicted octanol–water partition coefficient (Wildman–Crippen LogP) is 5.03. The summed E-state index contributed by atoms with van der Waals surface area (Å²) in [7, 11) is 0. The van der Waals surface area contributed by atoms with E-state index in [0.717, 1.165) is 25.1 Å². The van der Waals surface area contributed by atoms with Crippen LogP contribution in [0.5, 0.6) is 0 Å². The molecule has 1 amide bonds. The standard InChI is InChI=1S/C28H31F3N4O3/c1-3-35-16-15-22(20-7-5-4-6-8-20)17-23(35)26(37)32-18(2)24(36)14-11-19-9-12-21(13-10-19)25-33-27(38-34-25)28(29,30)31/h4-10,12-13,18,22-23H,3,11,14-17H2,1-2H3,(H,32,37)/t18-,22-,23+/m0/s1. The van der Waals surface area contributed by atoms with Gasteiger partial charge in [-0.3, -0.25) is 14.5 Å². The minimum Gasteiger partial charge on any atom is -0.345 e. The van der Waals surface area contributed by atoms with Crippen LogP contribution < -0.4 is 5.32 Å². The number of likely N-dealkylation sites (N-methyl/N-ethyl adjacent to an activating group) is 1. The predicted molar refractivity (Wildman–Crippen MR) is 135 cm³/mol. The Labute approximate surface area is 219 Å². The van der Waals surface area contributed by atoms with E-state index in [-0.39, 0.29) is 30.0 Å². The molecule has 1 fully saturated rings. The lowest BCUT2D eigenvalue weighted by Crippen LogP contribution is -2.53. The number of hydrogen-bond acceptors (Lipinski definition) is 6. The molecule has 2 heterocycles. The van der Waals surface area contributed by atoms with Gasteiger partial charge in [-0.05, 0) is 56.3 Å². The molecule has 7 nitrogen and oxygen atoms in total. The molecule has 1 aliphatic heterocycles. The lowest BCUT2D eigenvalue weighted by atomic mass is 9.85. The van der Waals surface area contributed by atoms with E-state index in [1.54, 1.807) is 31.2 Å². The SMILES string of the molecule is CCN1CC[C@H](c2ccccc2)C[C@@H]1C(=O)N[C@@H](C)C(=O)CCc1ccc(-c2noc(C(F)(F)F)n2)cc1. The number of aryl methyl sites for hydroxylation is 1. The summed E-state index contributed by atoms with van der Waals surface area (Å²) in [6, 6.07) is 15.9. The highest BCUT2D eigenvalue weighted by molar-refractivity contribution is 5.90. The molecule has 0 saturated carbocycles. The third kappa shape index (κ3) is 6.66. The van der Waals surface area contributed by atoms with Gasteiger partial charge in [0.25, 0.3) is 0 Å². The molecule has 1 saturated heterocycles. The second kappa shape index (κ2) is 11.9. The number of piperidine rings is 1. The van der Waals surface area contributed by atoms with Gasteiger partial charge in [0.1, 0.15) is 0 Å². The number of amides is 1. The Balaban J connectivity index is 1.30. The number of carbonyl (C=O) groups excluding carboxylic acids is 2. The van der Waals surface area contributed by atoms with Gasteiger partial charge in [-0.2, -0.15) is 18.2 Å². The van der Waals surface area contributed by atoms with Crippen LogP contribution >= 0.6 is 0 Å². The van der Waals surface area contributed by atoms with Crippen molar-refractivity contribution in [3.8, 4) is 11.4 Å². The molecule has 0 radical (unpaired) electrons. The van der Waals surface area contributed by atoms with E-state index in [0.29, 0.717) is 24.3 Å². The summed E-state index contributed by atoms with van der Waals surface area (Å²) in [5.74, 6) is -1.47. The van der Waals surface area contributed by atoms with Crippen LogP contribution in [0.1, 0.15) is 56.0 Å². The minimum atomic E-state index is -4.70. The second-order valence-corrected chi connectivity index (χ2v) is 9.59. The molecule has 1 N–H and O–H groups in total. The first kappa shape index (κ1) is 27.5. The van der Waals surface area contributed by atoms with E-state index < -0.39 is 18.1 Å². The molecule has 3 aromatic rings. The molecule has 38 heavy (non-hydrogen) atoms. The van der Waals surface area contributed by atoms with Gasteiger partial charge in [-0.25, -0.2) is 0 Å². The first-order valence-electron chi connectivity index (χ1n) is 12.8. The van der Waals surface area contributed by atoms with Crippen molar-refractivity contribution in [2.24, 2.45) is 0 Å². The zero-order valence-corrected chi connectivity index (χ0v) is 21.4. The Hall–Kier alpha value is -3.53. The maximum atomic E-state index is 13.2. The minimum absolute atomic E-state index is 0.0890. The molecule has 0 spiro atoms. The van der Waals surface area contributed by atoms with Crippen LogP contribution in [0, 0.1) is 0 Å². The first-order chi connectivity index (χ1) is 18.2. The van der Waals surface area contributed by atoms with Gasteiger partial charge in [0.15, 0.2) is 5.78 Å². The smallest absolute Gasteiger partial charge is 0.345 e. The van der Waals surface area contributed by atoms with E-state index in [9.17, 15) is 22.8 Å². The summed E-state index contributed by atoms with van der Waals surface area (Å²) >= 11 is 0. The first-order valence-corrected chi connectivity index (χ1v) is 12.8. The monoisotopic (exact) mass is 528 g/mol. The van der Waals surface area contributed by atoms with Crippen molar-refractivity contribution in [1.82, 2.24) is 20.4 Å². The van der Waals surface area contributed by atoms with E-state index in [1.165, 1.54) is 5.56 Å². The van der Waals surface area contributed by atoms with Crippen molar-refractivity contribution in [1.29, 1.82) is 0 Å². The number of likely N-dealkylation sites (tertiary alicyclic amines) is 1. The summed E-state index contributed by atoms with van der Waals surface area (Å²) in [6.45, 7) is 5.33. The van der Waals surface area contributed by atoms with Crippen LogP contribution in [0.25, 0.3) is 11.4 Å². The highest BCUT2D eigenvalue weighted by Crippen LogP contribution is 2.32. The third-order valence-electron chi connectivity index (χ3n) is 7.08. The average Bonchev–Trinajstić information content (AvgIpc) is 3.43. The zero-order valence-electron chi connectivity index (χ0n) is 21.4. The Morgan fingerprint density at radius 1 is 1.13 bits per heavy atom. The van der Waals surface area contributed by atoms with Gasteiger partial charge in [0.2, 0.25) is 11.7 Å². The molecular formula is C28H31F3N4O3. The Morgan fingerprint density at radius 2 is 1.84 bits per heavy atom. The van der Waals surface area contributed by atoms with Crippen molar-refractivity contribution in [2.45, 2.75) is 63.7 Å². The van der Waals surface area contributed by atoms with Crippen LogP contribution in [-0.4, -0.2) is 51.9 Å². The van der Waals surface area contributed by atoms with E-state index in [1.807, 2.05) is 25.1 Å². The number of alkyl halides is 3. The fourth-order valence-corrected chi connectivity index (χ4v) is 4.84. The molecule has 10 heteroatoms. The Bertz CT molecular complexity index is 1230.